The van der Waals surface area contributed by atoms with E-state index in [0.29, 0.717) is 0 Å². The molecule has 1 aromatic carbocycles. The Balaban J connectivity index is 1.88. The third-order valence-corrected chi connectivity index (χ3v) is 2.21. The number of ether oxygens (including phenoxy) is 1. The van der Waals surface area contributed by atoms with Crippen LogP contribution in [-0.2, 0) is 11.3 Å². The van der Waals surface area contributed by atoms with Crippen LogP contribution in [0.15, 0.2) is 48.7 Å². The number of carbonyl (C=O) groups excluding carboxylic acids is 1. The van der Waals surface area contributed by atoms with Crippen LogP contribution in [0.2, 0.25) is 0 Å². The molecule has 0 radical (unpaired) electrons. The van der Waals surface area contributed by atoms with E-state index in [1.807, 2.05) is 30.3 Å². The van der Waals surface area contributed by atoms with Gasteiger partial charge in [0.05, 0.1) is 5.69 Å². The molecule has 1 heterocycles. The lowest BCUT2D eigenvalue weighted by atomic mass is 10.2. The van der Waals surface area contributed by atoms with Crippen LogP contribution in [-0.4, -0.2) is 11.1 Å². The van der Waals surface area contributed by atoms with Gasteiger partial charge in [-0.3, -0.25) is 5.32 Å². The van der Waals surface area contributed by atoms with Gasteiger partial charge in [0.25, 0.3) is 0 Å². The van der Waals surface area contributed by atoms with E-state index in [2.05, 4.69) is 10.3 Å². The maximum absolute atomic E-state index is 13.1. The zero-order valence-corrected chi connectivity index (χ0v) is 9.47. The number of benzene rings is 1. The summed E-state index contributed by atoms with van der Waals surface area (Å²) in [6, 6.07) is 12.2. The SMILES string of the molecule is O=C(Nc1cccnc1F)OCc1ccccc1. The summed E-state index contributed by atoms with van der Waals surface area (Å²) in [4.78, 5) is 14.8. The number of nitrogens with one attached hydrogen (secondary N) is 1. The number of nitrogens with zero attached hydrogens (tertiary/aromatic N) is 1. The molecule has 4 nitrogen and oxygen atoms in total. The highest BCUT2D eigenvalue weighted by molar-refractivity contribution is 5.84. The van der Waals surface area contributed by atoms with Crippen LogP contribution in [0.5, 0.6) is 0 Å². The van der Waals surface area contributed by atoms with E-state index < -0.39 is 12.0 Å². The van der Waals surface area contributed by atoms with Crippen molar-refractivity contribution in [3.8, 4) is 0 Å². The molecular weight excluding hydrogens is 235 g/mol. The highest BCUT2D eigenvalue weighted by Gasteiger charge is 2.07. The Labute approximate surface area is 103 Å². The Morgan fingerprint density at radius 1 is 1.22 bits per heavy atom. The monoisotopic (exact) mass is 246 g/mol. The standard InChI is InChI=1S/C13H11FN2O2/c14-12-11(7-4-8-15-12)16-13(17)18-9-10-5-2-1-3-6-10/h1-8H,9H2,(H,16,17). The quantitative estimate of drug-likeness (QED) is 0.847. The predicted octanol–water partition coefficient (Wildman–Crippen LogP) is 2.97. The van der Waals surface area contributed by atoms with Crippen LogP contribution in [0.25, 0.3) is 0 Å². The van der Waals surface area contributed by atoms with E-state index >= 15 is 0 Å². The molecule has 0 aliphatic heterocycles. The first-order valence-corrected chi connectivity index (χ1v) is 5.34. The van der Waals surface area contributed by atoms with Crippen molar-refractivity contribution < 1.29 is 13.9 Å². The molecule has 92 valence electrons. The maximum atomic E-state index is 13.1. The zero-order chi connectivity index (χ0) is 12.8. The zero-order valence-electron chi connectivity index (χ0n) is 9.47. The second-order valence-corrected chi connectivity index (χ2v) is 3.53. The van der Waals surface area contributed by atoms with Gasteiger partial charge in [0.15, 0.2) is 0 Å². The van der Waals surface area contributed by atoms with Crippen LogP contribution < -0.4 is 5.32 Å². The maximum Gasteiger partial charge on any atom is 0.412 e. The normalized spacial score (nSPS) is 9.83. The molecule has 1 aromatic heterocycles. The van der Waals surface area contributed by atoms with Crippen LogP contribution >= 0.6 is 0 Å². The molecule has 18 heavy (non-hydrogen) atoms. The number of halogens is 1. The molecule has 0 unspecified atom stereocenters. The summed E-state index contributed by atoms with van der Waals surface area (Å²) in [6.45, 7) is 0.133. The molecule has 0 spiro atoms. The van der Waals surface area contributed by atoms with E-state index in [4.69, 9.17) is 4.74 Å². The molecule has 0 atom stereocenters. The van der Waals surface area contributed by atoms with Crippen molar-refractivity contribution in [2.75, 3.05) is 5.32 Å². The first-order chi connectivity index (χ1) is 8.75. The molecular formula is C13H11FN2O2. The average Bonchev–Trinajstić information content (AvgIpc) is 2.40. The van der Waals surface area contributed by atoms with Crippen molar-refractivity contribution in [1.82, 2.24) is 4.98 Å². The van der Waals surface area contributed by atoms with Gasteiger partial charge in [-0.2, -0.15) is 4.39 Å². The van der Waals surface area contributed by atoms with Crippen molar-refractivity contribution in [3.63, 3.8) is 0 Å². The van der Waals surface area contributed by atoms with Crippen LogP contribution in [0.4, 0.5) is 14.9 Å². The minimum atomic E-state index is -0.742. The second kappa shape index (κ2) is 5.77. The van der Waals surface area contributed by atoms with Gasteiger partial charge in [-0.1, -0.05) is 30.3 Å². The third kappa shape index (κ3) is 3.28. The lowest BCUT2D eigenvalue weighted by molar-refractivity contribution is 0.155. The van der Waals surface area contributed by atoms with Crippen molar-refractivity contribution in [3.05, 3.63) is 60.2 Å². The summed E-state index contributed by atoms with van der Waals surface area (Å²) < 4.78 is 18.1. The summed E-state index contributed by atoms with van der Waals surface area (Å²) >= 11 is 0. The van der Waals surface area contributed by atoms with Crippen molar-refractivity contribution in [1.29, 1.82) is 0 Å². The average molecular weight is 246 g/mol. The molecule has 0 bridgehead atoms. The van der Waals surface area contributed by atoms with Crippen LogP contribution in [0.1, 0.15) is 5.56 Å². The minimum Gasteiger partial charge on any atom is -0.444 e. The number of rotatable bonds is 3. The highest BCUT2D eigenvalue weighted by atomic mass is 19.1. The molecule has 1 N–H and O–H groups in total. The topological polar surface area (TPSA) is 51.2 Å². The molecule has 2 aromatic rings. The lowest BCUT2D eigenvalue weighted by Crippen LogP contribution is -2.14. The van der Waals surface area contributed by atoms with E-state index in [0.717, 1.165) is 5.56 Å². The van der Waals surface area contributed by atoms with Crippen molar-refractivity contribution in [2.45, 2.75) is 6.61 Å². The summed E-state index contributed by atoms with van der Waals surface area (Å²) in [5, 5.41) is 2.28. The minimum absolute atomic E-state index is 0.00411. The van der Waals surface area contributed by atoms with E-state index in [1.165, 1.54) is 18.3 Å². The molecule has 1 amide bonds. The third-order valence-electron chi connectivity index (χ3n) is 2.21. The van der Waals surface area contributed by atoms with Gasteiger partial charge < -0.3 is 4.74 Å². The first-order valence-electron chi connectivity index (χ1n) is 5.34. The Morgan fingerprint density at radius 3 is 2.72 bits per heavy atom. The van der Waals surface area contributed by atoms with E-state index in [9.17, 15) is 9.18 Å². The Kier molecular flexibility index (Phi) is 3.86. The van der Waals surface area contributed by atoms with Crippen molar-refractivity contribution in [2.24, 2.45) is 0 Å². The van der Waals surface area contributed by atoms with E-state index in [1.54, 1.807) is 0 Å². The Bertz CT molecular complexity index is 532. The van der Waals surface area contributed by atoms with Gasteiger partial charge in [-0.25, -0.2) is 9.78 Å². The molecule has 0 aliphatic rings. The highest BCUT2D eigenvalue weighted by Crippen LogP contribution is 2.10. The molecule has 0 fully saturated rings. The Morgan fingerprint density at radius 2 is 2.00 bits per heavy atom. The predicted molar refractivity (Wildman–Crippen MR) is 64.4 cm³/mol. The molecule has 0 aliphatic carbocycles. The Hall–Kier alpha value is -2.43. The van der Waals surface area contributed by atoms with Gasteiger partial charge in [0.1, 0.15) is 6.61 Å². The molecule has 2 rings (SSSR count). The molecule has 0 saturated heterocycles. The fraction of sp³-hybridized carbons (Fsp3) is 0.0769. The van der Waals surface area contributed by atoms with Gasteiger partial charge >= 0.3 is 6.09 Å². The largest absolute Gasteiger partial charge is 0.444 e. The summed E-state index contributed by atoms with van der Waals surface area (Å²) in [6.07, 6.45) is 0.585. The number of anilines is 1. The number of pyridine rings is 1. The smallest absolute Gasteiger partial charge is 0.412 e. The van der Waals surface area contributed by atoms with Gasteiger partial charge in [-0.15, -0.1) is 0 Å². The number of hydrogen-bond donors (Lipinski definition) is 1. The second-order valence-electron chi connectivity index (χ2n) is 3.53. The van der Waals surface area contributed by atoms with Crippen LogP contribution in [0.3, 0.4) is 0 Å². The lowest BCUT2D eigenvalue weighted by Gasteiger charge is -2.07. The molecule has 0 saturated carbocycles. The number of hydrogen-bond acceptors (Lipinski definition) is 3. The van der Waals surface area contributed by atoms with Crippen molar-refractivity contribution >= 4 is 11.8 Å². The summed E-state index contributed by atoms with van der Waals surface area (Å²) in [7, 11) is 0. The number of amides is 1. The van der Waals surface area contributed by atoms with Gasteiger partial charge in [0.2, 0.25) is 5.95 Å². The number of aromatic nitrogens is 1. The van der Waals surface area contributed by atoms with E-state index in [-0.39, 0.29) is 12.3 Å². The molecule has 5 heteroatoms. The summed E-state index contributed by atoms with van der Waals surface area (Å²) in [5.74, 6) is -0.742. The van der Waals surface area contributed by atoms with Gasteiger partial charge in [-0.05, 0) is 17.7 Å². The first kappa shape index (κ1) is 12.0. The fourth-order valence-electron chi connectivity index (χ4n) is 1.35. The number of carbonyl (C=O) groups is 1. The fourth-order valence-corrected chi connectivity index (χ4v) is 1.35. The summed E-state index contributed by atoms with van der Waals surface area (Å²) in [5.41, 5.74) is 0.856. The van der Waals surface area contributed by atoms with Crippen LogP contribution in [0, 0.1) is 5.95 Å². The van der Waals surface area contributed by atoms with Gasteiger partial charge in [0, 0.05) is 6.20 Å².